The van der Waals surface area contributed by atoms with Crippen LogP contribution in [0.25, 0.3) is 0 Å². The zero-order valence-electron chi connectivity index (χ0n) is 20.8. The predicted molar refractivity (Wildman–Crippen MR) is 128 cm³/mol. The molecule has 38 heavy (non-hydrogen) atoms. The fourth-order valence-electron chi connectivity index (χ4n) is 3.21. The van der Waals surface area contributed by atoms with E-state index in [0.29, 0.717) is 41.2 Å². The van der Waals surface area contributed by atoms with Crippen LogP contribution in [0.1, 0.15) is 51.7 Å². The molecule has 0 spiro atoms. The van der Waals surface area contributed by atoms with Crippen molar-refractivity contribution in [2.24, 2.45) is 0 Å². The molecular weight excluding hydrogens is 513 g/mol. The largest absolute Gasteiger partial charge is 0.497 e. The summed E-state index contributed by atoms with van der Waals surface area (Å²) >= 11 is 0. The molecule has 0 bridgehead atoms. The highest BCUT2D eigenvalue weighted by Crippen LogP contribution is 2.24. The molecule has 11 nitrogen and oxygen atoms in total. The number of nitrogens with one attached hydrogen (secondary N) is 3. The van der Waals surface area contributed by atoms with Gasteiger partial charge in [0.15, 0.2) is 5.76 Å². The van der Waals surface area contributed by atoms with Gasteiger partial charge < -0.3 is 34.7 Å². The lowest BCUT2D eigenvalue weighted by Crippen LogP contribution is -2.24. The average molecular weight is 540 g/mol. The van der Waals surface area contributed by atoms with Gasteiger partial charge in [-0.15, -0.1) is 0 Å². The first kappa shape index (κ1) is 29.7. The first-order valence-electron chi connectivity index (χ1n) is 11.3. The third kappa shape index (κ3) is 8.28. The number of carboxylic acid groups (broad SMARTS) is 1. The highest BCUT2D eigenvalue weighted by Gasteiger charge is 2.38. The van der Waals surface area contributed by atoms with Gasteiger partial charge in [0, 0.05) is 17.4 Å². The Morgan fingerprint density at radius 1 is 1.11 bits per heavy atom. The average Bonchev–Trinajstić information content (AvgIpc) is 3.54. The number of carbonyl (C=O) groups excluding carboxylic acids is 2. The first-order valence-corrected chi connectivity index (χ1v) is 11.3. The van der Waals surface area contributed by atoms with Gasteiger partial charge in [0.25, 0.3) is 5.91 Å². The maximum atomic E-state index is 12.8. The number of nitrogens with zero attached hydrogens (tertiary/aromatic N) is 1. The van der Waals surface area contributed by atoms with Crippen LogP contribution in [0.3, 0.4) is 0 Å². The van der Waals surface area contributed by atoms with Gasteiger partial charge in [0.2, 0.25) is 0 Å². The van der Waals surface area contributed by atoms with E-state index in [1.165, 1.54) is 6.20 Å². The normalized spacial score (nSPS) is 10.7. The third-order valence-corrected chi connectivity index (χ3v) is 4.96. The summed E-state index contributed by atoms with van der Waals surface area (Å²) in [5, 5.41) is 16.8. The predicted octanol–water partition coefficient (Wildman–Crippen LogP) is 3.93. The van der Waals surface area contributed by atoms with Gasteiger partial charge in [-0.05, 0) is 43.2 Å². The van der Waals surface area contributed by atoms with Gasteiger partial charge in [-0.3, -0.25) is 4.79 Å². The molecule has 1 amide bonds. The Bertz CT molecular complexity index is 1210. The third-order valence-electron chi connectivity index (χ3n) is 4.96. The summed E-state index contributed by atoms with van der Waals surface area (Å²) < 4.78 is 47.2. The van der Waals surface area contributed by atoms with Crippen molar-refractivity contribution in [1.82, 2.24) is 15.5 Å². The van der Waals surface area contributed by atoms with Crippen LogP contribution >= 0.6 is 0 Å². The van der Waals surface area contributed by atoms with Crippen LogP contribution in [0.5, 0.6) is 5.75 Å². The summed E-state index contributed by atoms with van der Waals surface area (Å²) in [6, 6.07) is 9.09. The molecule has 0 aliphatic rings. The summed E-state index contributed by atoms with van der Waals surface area (Å²) in [5.74, 6) is -2.28. The molecule has 0 atom stereocenters. The van der Waals surface area contributed by atoms with Crippen LogP contribution in [0.4, 0.5) is 18.9 Å². The van der Waals surface area contributed by atoms with Crippen LogP contribution in [0.2, 0.25) is 0 Å². The molecule has 1 aromatic carbocycles. The topological polar surface area (TPSA) is 156 Å². The second kappa shape index (κ2) is 13.7. The van der Waals surface area contributed by atoms with E-state index in [9.17, 15) is 22.8 Å². The Morgan fingerprint density at radius 2 is 1.76 bits per heavy atom. The quantitative estimate of drug-likeness (QED) is 0.280. The number of benzene rings is 1. The molecule has 4 N–H and O–H groups in total. The first-order chi connectivity index (χ1) is 18.0. The van der Waals surface area contributed by atoms with Gasteiger partial charge in [-0.1, -0.05) is 12.1 Å². The molecule has 0 saturated carbocycles. The van der Waals surface area contributed by atoms with Gasteiger partial charge >= 0.3 is 18.1 Å². The molecule has 0 unspecified atom stereocenters. The second-order valence-corrected chi connectivity index (χ2v) is 7.45. The van der Waals surface area contributed by atoms with Crippen LogP contribution in [-0.4, -0.2) is 53.0 Å². The number of aromatic nitrogens is 2. The second-order valence-electron chi connectivity index (χ2n) is 7.45. The highest BCUT2D eigenvalue weighted by molar-refractivity contribution is 6.00. The molecule has 0 saturated heterocycles. The number of alkyl halides is 3. The van der Waals surface area contributed by atoms with Gasteiger partial charge in [0.05, 0.1) is 38.6 Å². The summed E-state index contributed by atoms with van der Waals surface area (Å²) in [7, 11) is 1.61. The Kier molecular flexibility index (Phi) is 10.7. The van der Waals surface area contributed by atoms with E-state index in [2.05, 4.69) is 20.8 Å². The standard InChI is InChI=1S/C22H26N4O5.C2HF3O2/c1-4-17-19(22(28)30-5-2)18(13-23-14-6-8-15(29-3)9-7-14)26-20(17)21(27)24-12-16-10-11-25-31-16;3-2(4,5)1(6)7/h6-11,23,26H,4-5,12-13H2,1-3H3,(H,24,27);(H,6,7). The lowest BCUT2D eigenvalue weighted by molar-refractivity contribution is -0.192. The van der Waals surface area contributed by atoms with Gasteiger partial charge in [-0.2, -0.15) is 13.2 Å². The zero-order chi connectivity index (χ0) is 28.3. The fraction of sp³-hybridized carbons (Fsp3) is 0.333. The van der Waals surface area contributed by atoms with E-state index >= 15 is 0 Å². The SMILES string of the molecule is CCOC(=O)c1c(CNc2ccc(OC)cc2)[nH]c(C(=O)NCc2ccno2)c1CC.O=C(O)C(F)(F)F. The molecule has 2 heterocycles. The molecule has 14 heteroatoms. The van der Waals surface area contributed by atoms with E-state index in [0.717, 1.165) is 11.4 Å². The van der Waals surface area contributed by atoms with E-state index in [1.807, 2.05) is 31.2 Å². The van der Waals surface area contributed by atoms with Crippen molar-refractivity contribution in [2.45, 2.75) is 39.5 Å². The maximum Gasteiger partial charge on any atom is 0.490 e. The van der Waals surface area contributed by atoms with Crippen molar-refractivity contribution in [1.29, 1.82) is 0 Å². The smallest absolute Gasteiger partial charge is 0.490 e. The molecule has 3 rings (SSSR count). The minimum atomic E-state index is -5.08. The minimum Gasteiger partial charge on any atom is -0.497 e. The van der Waals surface area contributed by atoms with E-state index in [4.69, 9.17) is 23.9 Å². The number of methoxy groups -OCH3 is 1. The van der Waals surface area contributed by atoms with Crippen molar-refractivity contribution in [3.8, 4) is 5.75 Å². The molecule has 2 aromatic heterocycles. The monoisotopic (exact) mass is 540 g/mol. The van der Waals surface area contributed by atoms with Crippen molar-refractivity contribution >= 4 is 23.5 Å². The Labute approximate surface area is 215 Å². The van der Waals surface area contributed by atoms with E-state index in [1.54, 1.807) is 20.1 Å². The number of esters is 1. The van der Waals surface area contributed by atoms with Crippen LogP contribution < -0.4 is 15.4 Å². The zero-order valence-corrected chi connectivity index (χ0v) is 20.8. The number of amides is 1. The molecule has 0 aliphatic heterocycles. The van der Waals surface area contributed by atoms with Crippen molar-refractivity contribution < 1.29 is 46.7 Å². The summed E-state index contributed by atoms with van der Waals surface area (Å²) in [6.07, 6.45) is -3.09. The molecule has 0 radical (unpaired) electrons. The maximum absolute atomic E-state index is 12.8. The molecule has 206 valence electrons. The molecule has 0 aliphatic carbocycles. The van der Waals surface area contributed by atoms with Crippen LogP contribution in [0, 0.1) is 0 Å². The van der Waals surface area contributed by atoms with Gasteiger partial charge in [-0.25, -0.2) is 9.59 Å². The lowest BCUT2D eigenvalue weighted by atomic mass is 10.1. The Morgan fingerprint density at radius 3 is 2.26 bits per heavy atom. The number of hydrogen-bond donors (Lipinski definition) is 4. The number of anilines is 1. The number of ether oxygens (including phenoxy) is 2. The lowest BCUT2D eigenvalue weighted by Gasteiger charge is -2.09. The van der Waals surface area contributed by atoms with E-state index < -0.39 is 18.1 Å². The van der Waals surface area contributed by atoms with Crippen molar-refractivity contribution in [2.75, 3.05) is 19.0 Å². The fourth-order valence-corrected chi connectivity index (χ4v) is 3.21. The summed E-state index contributed by atoms with van der Waals surface area (Å²) in [4.78, 5) is 37.5. The number of rotatable bonds is 10. The number of aromatic amines is 1. The van der Waals surface area contributed by atoms with Crippen molar-refractivity contribution in [3.05, 3.63) is 64.8 Å². The number of carbonyl (C=O) groups is 3. The Balaban J connectivity index is 0.000000638. The molecule has 3 aromatic rings. The summed E-state index contributed by atoms with van der Waals surface area (Å²) in [5.41, 5.74) is 2.75. The molecular formula is C24H27F3N4O7. The minimum absolute atomic E-state index is 0.190. The number of H-pyrrole nitrogens is 1. The highest BCUT2D eigenvalue weighted by atomic mass is 19.4. The number of aliphatic carboxylic acids is 1. The van der Waals surface area contributed by atoms with E-state index in [-0.39, 0.29) is 19.1 Å². The number of hydrogen-bond acceptors (Lipinski definition) is 8. The summed E-state index contributed by atoms with van der Waals surface area (Å²) in [6.45, 7) is 4.37. The Hall–Kier alpha value is -4.49. The van der Waals surface area contributed by atoms with Crippen LogP contribution in [-0.2, 0) is 29.0 Å². The molecule has 0 fully saturated rings. The number of halogens is 3. The van der Waals surface area contributed by atoms with Crippen LogP contribution in [0.15, 0.2) is 41.1 Å². The van der Waals surface area contributed by atoms with Crippen molar-refractivity contribution in [3.63, 3.8) is 0 Å². The van der Waals surface area contributed by atoms with Gasteiger partial charge in [0.1, 0.15) is 11.4 Å². The number of carboxylic acids is 1.